The predicted octanol–water partition coefficient (Wildman–Crippen LogP) is 5.99. The van der Waals surface area contributed by atoms with Crippen molar-refractivity contribution in [1.29, 1.82) is 0 Å². The van der Waals surface area contributed by atoms with E-state index in [9.17, 15) is 18.0 Å². The molecule has 0 aliphatic heterocycles. The Balaban J connectivity index is 1.97. The van der Waals surface area contributed by atoms with Crippen molar-refractivity contribution in [2.75, 3.05) is 5.75 Å². The monoisotopic (exact) mass is 542 g/mol. The summed E-state index contributed by atoms with van der Waals surface area (Å²) in [6.07, 6.45) is -0.680. The number of benzene rings is 2. The van der Waals surface area contributed by atoms with Crippen LogP contribution in [-0.4, -0.2) is 47.7 Å². The molecule has 1 heterocycles. The molecule has 3 rings (SSSR count). The second-order valence-electron chi connectivity index (χ2n) is 10.9. The number of hydrogen-bond donors (Lipinski definition) is 0. The zero-order valence-corrected chi connectivity index (χ0v) is 23.3. The smallest absolute Gasteiger partial charge is 0.442 e. The van der Waals surface area contributed by atoms with Crippen LogP contribution < -0.4 is 0 Å². The quantitative estimate of drug-likeness (QED) is 0.276. The summed E-state index contributed by atoms with van der Waals surface area (Å²) in [7, 11) is -3.87. The van der Waals surface area contributed by atoms with E-state index >= 15 is 0 Å². The van der Waals surface area contributed by atoms with E-state index in [1.165, 1.54) is 6.20 Å². The fourth-order valence-corrected chi connectivity index (χ4v) is 5.20. The highest BCUT2D eigenvalue weighted by molar-refractivity contribution is 7.90. The standard InChI is InChI=1S/C28H34N2O7S/c1-27(2,3)35-25(31)30(37-26(32)36-28(4,5)6)24(21-12-8-7-9-13-21)19-38(33,34)18-20-16-22-14-10-11-15-23(22)29-17-20/h7-17,24H,18-19H2,1-6H3. The molecule has 0 saturated heterocycles. The number of aromatic nitrogens is 1. The summed E-state index contributed by atoms with van der Waals surface area (Å²) in [5.74, 6) is -0.880. The van der Waals surface area contributed by atoms with Gasteiger partial charge in [0.2, 0.25) is 0 Å². The van der Waals surface area contributed by atoms with Gasteiger partial charge in [0.25, 0.3) is 0 Å². The normalized spacial score (nSPS) is 13.0. The third kappa shape index (κ3) is 8.72. The van der Waals surface area contributed by atoms with Crippen LogP contribution in [0, 0.1) is 0 Å². The van der Waals surface area contributed by atoms with Gasteiger partial charge in [0.1, 0.15) is 17.2 Å². The van der Waals surface area contributed by atoms with Gasteiger partial charge in [0.15, 0.2) is 9.84 Å². The van der Waals surface area contributed by atoms with Crippen LogP contribution in [0.25, 0.3) is 10.9 Å². The van der Waals surface area contributed by atoms with E-state index < -0.39 is 45.1 Å². The number of pyridine rings is 1. The first-order valence-corrected chi connectivity index (χ1v) is 14.0. The number of carbonyl (C=O) groups is 2. The maximum atomic E-state index is 13.5. The minimum Gasteiger partial charge on any atom is -0.442 e. The molecule has 0 N–H and O–H groups in total. The number of sulfone groups is 1. The average Bonchev–Trinajstić information content (AvgIpc) is 2.79. The van der Waals surface area contributed by atoms with E-state index in [4.69, 9.17) is 14.3 Å². The Kier molecular flexibility index (Phi) is 8.66. The number of ether oxygens (including phenoxy) is 2. The van der Waals surface area contributed by atoms with E-state index in [-0.39, 0.29) is 5.75 Å². The lowest BCUT2D eigenvalue weighted by molar-refractivity contribution is -0.153. The molecule has 1 aromatic heterocycles. The van der Waals surface area contributed by atoms with Crippen molar-refractivity contribution < 1.29 is 32.3 Å². The highest BCUT2D eigenvalue weighted by Crippen LogP contribution is 2.28. The van der Waals surface area contributed by atoms with Crippen molar-refractivity contribution in [3.8, 4) is 0 Å². The van der Waals surface area contributed by atoms with Crippen molar-refractivity contribution in [2.45, 2.75) is 64.5 Å². The largest absolute Gasteiger partial charge is 0.534 e. The highest BCUT2D eigenvalue weighted by Gasteiger charge is 2.37. The molecule has 204 valence electrons. The molecule has 1 unspecified atom stereocenters. The number of rotatable bonds is 6. The molecule has 10 heteroatoms. The first kappa shape index (κ1) is 28.9. The van der Waals surface area contributed by atoms with Gasteiger partial charge in [-0.05, 0) is 64.8 Å². The number of para-hydroxylation sites is 1. The molecule has 1 atom stereocenters. The number of nitrogens with zero attached hydrogens (tertiary/aromatic N) is 2. The molecule has 9 nitrogen and oxygen atoms in total. The second kappa shape index (κ2) is 11.4. The third-order valence-electron chi connectivity index (χ3n) is 5.05. The Morgan fingerprint density at radius 2 is 1.50 bits per heavy atom. The third-order valence-corrected chi connectivity index (χ3v) is 6.65. The molecule has 1 amide bonds. The number of hydroxylamine groups is 2. The van der Waals surface area contributed by atoms with Crippen molar-refractivity contribution >= 4 is 33.0 Å². The fourth-order valence-electron chi connectivity index (χ4n) is 3.61. The Bertz CT molecular complexity index is 1380. The van der Waals surface area contributed by atoms with Gasteiger partial charge in [-0.3, -0.25) is 9.82 Å². The van der Waals surface area contributed by atoms with Crippen LogP contribution >= 0.6 is 0 Å². The summed E-state index contributed by atoms with van der Waals surface area (Å²) in [6.45, 7) is 9.88. The van der Waals surface area contributed by atoms with Crippen LogP contribution in [0.1, 0.15) is 58.7 Å². The summed E-state index contributed by atoms with van der Waals surface area (Å²) in [6, 6.07) is 16.4. The molecule has 0 aliphatic carbocycles. The lowest BCUT2D eigenvalue weighted by Gasteiger charge is -2.32. The Hall–Kier alpha value is -3.66. The van der Waals surface area contributed by atoms with Gasteiger partial charge in [0, 0.05) is 11.6 Å². The van der Waals surface area contributed by atoms with Crippen molar-refractivity contribution in [1.82, 2.24) is 10.0 Å². The van der Waals surface area contributed by atoms with Crippen molar-refractivity contribution in [2.24, 2.45) is 0 Å². The van der Waals surface area contributed by atoms with E-state index in [1.54, 1.807) is 77.9 Å². The van der Waals surface area contributed by atoms with Gasteiger partial charge in [-0.25, -0.2) is 18.0 Å². The van der Waals surface area contributed by atoms with Crippen LogP contribution in [0.5, 0.6) is 0 Å². The first-order valence-electron chi connectivity index (χ1n) is 12.1. The van der Waals surface area contributed by atoms with Gasteiger partial charge in [-0.2, -0.15) is 0 Å². The fraction of sp³-hybridized carbons (Fsp3) is 0.393. The van der Waals surface area contributed by atoms with Crippen LogP contribution in [0.2, 0.25) is 0 Å². The molecule has 0 saturated carbocycles. The lowest BCUT2D eigenvalue weighted by atomic mass is 10.1. The molecular weight excluding hydrogens is 508 g/mol. The highest BCUT2D eigenvalue weighted by atomic mass is 32.2. The minimum atomic E-state index is -3.87. The maximum absolute atomic E-state index is 13.5. The average molecular weight is 543 g/mol. The number of amides is 1. The van der Waals surface area contributed by atoms with Crippen molar-refractivity contribution in [3.05, 3.63) is 78.0 Å². The van der Waals surface area contributed by atoms with E-state index in [0.717, 1.165) is 10.9 Å². The zero-order chi connectivity index (χ0) is 28.1. The minimum absolute atomic E-state index is 0.331. The number of carbonyl (C=O) groups excluding carboxylic acids is 2. The summed E-state index contributed by atoms with van der Waals surface area (Å²) < 4.78 is 37.6. The SMILES string of the molecule is CC(C)(C)OC(=O)ON(C(=O)OC(C)(C)C)C(CS(=O)(=O)Cc1cnc2ccccc2c1)c1ccccc1. The summed E-state index contributed by atoms with van der Waals surface area (Å²) in [5, 5.41) is 1.45. The molecule has 0 radical (unpaired) electrons. The molecular formula is C28H34N2O7S. The van der Waals surface area contributed by atoms with E-state index in [1.807, 2.05) is 24.3 Å². The second-order valence-corrected chi connectivity index (χ2v) is 13.0. The van der Waals surface area contributed by atoms with Gasteiger partial charge in [0.05, 0.1) is 17.0 Å². The van der Waals surface area contributed by atoms with Crippen LogP contribution in [0.15, 0.2) is 66.9 Å². The topological polar surface area (TPSA) is 112 Å². The molecule has 2 aromatic carbocycles. The maximum Gasteiger partial charge on any atom is 0.534 e. The molecule has 38 heavy (non-hydrogen) atoms. The Morgan fingerprint density at radius 1 is 0.895 bits per heavy atom. The predicted molar refractivity (Wildman–Crippen MR) is 144 cm³/mol. The summed E-state index contributed by atoms with van der Waals surface area (Å²) in [4.78, 5) is 35.5. The first-order chi connectivity index (χ1) is 17.6. The molecule has 0 bridgehead atoms. The molecule has 0 fully saturated rings. The molecule has 0 aliphatic rings. The molecule has 3 aromatic rings. The van der Waals surface area contributed by atoms with Gasteiger partial charge in [-0.15, -0.1) is 5.06 Å². The van der Waals surface area contributed by atoms with E-state index in [0.29, 0.717) is 16.2 Å². The van der Waals surface area contributed by atoms with Crippen LogP contribution in [-0.2, 0) is 29.9 Å². The van der Waals surface area contributed by atoms with Gasteiger partial charge in [-0.1, -0.05) is 48.5 Å². The van der Waals surface area contributed by atoms with Crippen LogP contribution in [0.4, 0.5) is 9.59 Å². The van der Waals surface area contributed by atoms with Crippen molar-refractivity contribution in [3.63, 3.8) is 0 Å². The van der Waals surface area contributed by atoms with Gasteiger partial charge >= 0.3 is 12.2 Å². The van der Waals surface area contributed by atoms with Crippen LogP contribution in [0.3, 0.4) is 0 Å². The number of hydrogen-bond acceptors (Lipinski definition) is 8. The summed E-state index contributed by atoms with van der Waals surface area (Å²) in [5.41, 5.74) is -0.176. The van der Waals surface area contributed by atoms with Gasteiger partial charge < -0.3 is 9.47 Å². The Labute approximate surface area is 223 Å². The number of fused-ring (bicyclic) bond motifs is 1. The zero-order valence-electron chi connectivity index (χ0n) is 22.5. The lowest BCUT2D eigenvalue weighted by Crippen LogP contribution is -2.44. The molecule has 0 spiro atoms. The Morgan fingerprint density at radius 3 is 2.13 bits per heavy atom. The van der Waals surface area contributed by atoms with E-state index in [2.05, 4.69) is 4.98 Å². The summed E-state index contributed by atoms with van der Waals surface area (Å²) >= 11 is 0.